The molecule has 1 saturated heterocycles. The van der Waals surface area contributed by atoms with Crippen LogP contribution in [0.1, 0.15) is 23.0 Å². The number of anilines is 2. The van der Waals surface area contributed by atoms with Crippen LogP contribution in [-0.2, 0) is 9.59 Å². The monoisotopic (exact) mass is 430 g/mol. The summed E-state index contributed by atoms with van der Waals surface area (Å²) >= 11 is 5.50. The number of benzene rings is 2. The lowest BCUT2D eigenvalue weighted by molar-refractivity contribution is -0.117. The van der Waals surface area contributed by atoms with Crippen molar-refractivity contribution in [2.45, 2.75) is 22.3 Å². The first kappa shape index (κ1) is 19.7. The molecule has 2 aromatic rings. The van der Waals surface area contributed by atoms with Crippen molar-refractivity contribution < 1.29 is 9.59 Å². The second-order valence-corrected chi connectivity index (χ2v) is 10.4. The maximum absolute atomic E-state index is 12.5. The average molecular weight is 431 g/mol. The van der Waals surface area contributed by atoms with Crippen LogP contribution in [0.15, 0.2) is 53.4 Å². The molecule has 2 aromatic carbocycles. The second kappa shape index (κ2) is 9.29. The minimum Gasteiger partial charge on any atom is -0.326 e. The molecule has 2 heterocycles. The number of nitrogens with one attached hydrogen (secondary N) is 1. The van der Waals surface area contributed by atoms with Crippen molar-refractivity contribution in [2.75, 3.05) is 34.0 Å². The van der Waals surface area contributed by atoms with E-state index in [0.29, 0.717) is 16.9 Å². The molecule has 7 heteroatoms. The summed E-state index contributed by atoms with van der Waals surface area (Å²) in [6, 6.07) is 16.0. The van der Waals surface area contributed by atoms with Crippen molar-refractivity contribution in [3.8, 4) is 0 Å². The summed E-state index contributed by atoms with van der Waals surface area (Å²) in [6.07, 6.45) is 1.54. The lowest BCUT2D eigenvalue weighted by atomic mass is 10.2. The minimum absolute atomic E-state index is 0.0600. The van der Waals surface area contributed by atoms with E-state index in [2.05, 4.69) is 17.4 Å². The highest BCUT2D eigenvalue weighted by Crippen LogP contribution is 2.44. The Bertz CT molecular complexity index is 868. The fourth-order valence-corrected chi connectivity index (χ4v) is 7.09. The van der Waals surface area contributed by atoms with Gasteiger partial charge in [0.2, 0.25) is 11.8 Å². The van der Waals surface area contributed by atoms with Crippen LogP contribution < -0.4 is 10.2 Å². The Morgan fingerprint density at radius 2 is 1.93 bits per heavy atom. The van der Waals surface area contributed by atoms with Crippen molar-refractivity contribution in [1.82, 2.24) is 0 Å². The third kappa shape index (κ3) is 4.70. The van der Waals surface area contributed by atoms with E-state index in [4.69, 9.17) is 0 Å². The zero-order valence-corrected chi connectivity index (χ0v) is 17.9. The predicted molar refractivity (Wildman–Crippen MR) is 121 cm³/mol. The van der Waals surface area contributed by atoms with Crippen molar-refractivity contribution in [1.29, 1.82) is 0 Å². The Morgan fingerprint density at radius 1 is 1.11 bits per heavy atom. The van der Waals surface area contributed by atoms with Crippen molar-refractivity contribution in [2.24, 2.45) is 0 Å². The molecule has 4 nitrogen and oxygen atoms in total. The fourth-order valence-electron chi connectivity index (χ4n) is 3.28. The van der Waals surface area contributed by atoms with Crippen LogP contribution in [0.5, 0.6) is 0 Å². The van der Waals surface area contributed by atoms with Gasteiger partial charge < -0.3 is 10.2 Å². The van der Waals surface area contributed by atoms with Gasteiger partial charge in [0.25, 0.3) is 0 Å². The number of hydrogen-bond acceptors (Lipinski definition) is 5. The van der Waals surface area contributed by atoms with Gasteiger partial charge in [-0.3, -0.25) is 9.59 Å². The third-order valence-electron chi connectivity index (χ3n) is 4.64. The minimum atomic E-state index is -0.0652. The van der Waals surface area contributed by atoms with Crippen LogP contribution >= 0.6 is 35.3 Å². The van der Waals surface area contributed by atoms with Gasteiger partial charge in [-0.15, -0.1) is 35.3 Å². The average Bonchev–Trinajstić information content (AvgIpc) is 2.74. The Balaban J connectivity index is 1.37. The van der Waals surface area contributed by atoms with Gasteiger partial charge in [-0.1, -0.05) is 24.3 Å². The van der Waals surface area contributed by atoms with E-state index in [-0.39, 0.29) is 18.2 Å². The van der Waals surface area contributed by atoms with Crippen molar-refractivity contribution >= 4 is 58.5 Å². The maximum Gasteiger partial charge on any atom is 0.237 e. The highest BCUT2D eigenvalue weighted by molar-refractivity contribution is 8.16. The molecule has 0 radical (unpaired) electrons. The van der Waals surface area contributed by atoms with Crippen LogP contribution in [0.2, 0.25) is 0 Å². The van der Waals surface area contributed by atoms with Gasteiger partial charge in [-0.25, -0.2) is 0 Å². The molecule has 1 fully saturated rings. The number of carbonyl (C=O) groups excluding carboxylic acids is 2. The van der Waals surface area contributed by atoms with Crippen LogP contribution in [-0.4, -0.2) is 35.6 Å². The SMILES string of the molecule is O=C(CCN1C(=O)CSc2ccccc21)Nc1cccc(C2SCCCS2)c1. The first-order valence-electron chi connectivity index (χ1n) is 9.36. The molecule has 0 bridgehead atoms. The number of rotatable bonds is 5. The first-order valence-corrected chi connectivity index (χ1v) is 12.4. The van der Waals surface area contributed by atoms with Gasteiger partial charge in [0.05, 0.1) is 16.0 Å². The quantitative estimate of drug-likeness (QED) is 0.722. The highest BCUT2D eigenvalue weighted by Gasteiger charge is 2.24. The lowest BCUT2D eigenvalue weighted by Crippen LogP contribution is -2.37. The Morgan fingerprint density at radius 3 is 2.79 bits per heavy atom. The number of fused-ring (bicyclic) bond motifs is 1. The molecule has 2 aliphatic heterocycles. The summed E-state index contributed by atoms with van der Waals surface area (Å²) in [4.78, 5) is 27.6. The Kier molecular flexibility index (Phi) is 6.54. The largest absolute Gasteiger partial charge is 0.326 e. The van der Waals surface area contributed by atoms with Gasteiger partial charge in [-0.05, 0) is 47.8 Å². The third-order valence-corrected chi connectivity index (χ3v) is 8.70. The van der Waals surface area contributed by atoms with E-state index in [1.54, 1.807) is 16.7 Å². The molecule has 0 saturated carbocycles. The molecule has 2 aliphatic rings. The zero-order valence-electron chi connectivity index (χ0n) is 15.4. The van der Waals surface area contributed by atoms with Gasteiger partial charge in [0.15, 0.2) is 0 Å². The Labute approximate surface area is 178 Å². The van der Waals surface area contributed by atoms with E-state index in [1.165, 1.54) is 23.5 Å². The van der Waals surface area contributed by atoms with E-state index in [0.717, 1.165) is 16.3 Å². The molecule has 0 aromatic heterocycles. The molecule has 146 valence electrons. The van der Waals surface area contributed by atoms with E-state index in [9.17, 15) is 9.59 Å². The summed E-state index contributed by atoms with van der Waals surface area (Å²) in [5, 5.41) is 3.00. The summed E-state index contributed by atoms with van der Waals surface area (Å²) in [5.74, 6) is 2.81. The number of nitrogens with zero attached hydrogens (tertiary/aromatic N) is 1. The predicted octanol–water partition coefficient (Wildman–Crippen LogP) is 5.02. The van der Waals surface area contributed by atoms with Gasteiger partial charge in [0.1, 0.15) is 0 Å². The maximum atomic E-state index is 12.5. The standard InChI is InChI=1S/C21H22N2O2S3/c24-19(9-10-23-17-7-1-2-8-18(17)28-14-20(23)25)22-16-6-3-5-15(13-16)21-26-11-4-12-27-21/h1-3,5-8,13,21H,4,9-12,14H2,(H,22,24). The van der Waals surface area contributed by atoms with Crippen molar-refractivity contribution in [3.05, 3.63) is 54.1 Å². The normalized spacial score (nSPS) is 17.3. The van der Waals surface area contributed by atoms with E-state index in [1.807, 2.05) is 59.9 Å². The fraction of sp³-hybridized carbons (Fsp3) is 0.333. The number of thioether (sulfide) groups is 3. The summed E-state index contributed by atoms with van der Waals surface area (Å²) < 4.78 is 0.450. The molecule has 2 amide bonds. The smallest absolute Gasteiger partial charge is 0.237 e. The first-order chi connectivity index (χ1) is 13.7. The molecule has 4 rings (SSSR count). The molecular formula is C21H22N2O2S3. The highest BCUT2D eigenvalue weighted by atomic mass is 32.2. The summed E-state index contributed by atoms with van der Waals surface area (Å²) in [5.41, 5.74) is 2.99. The molecule has 1 N–H and O–H groups in total. The summed E-state index contributed by atoms with van der Waals surface area (Å²) in [7, 11) is 0. The van der Waals surface area contributed by atoms with Crippen LogP contribution in [0.3, 0.4) is 0 Å². The molecule has 28 heavy (non-hydrogen) atoms. The molecule has 0 aliphatic carbocycles. The van der Waals surface area contributed by atoms with E-state index < -0.39 is 0 Å². The second-order valence-electron chi connectivity index (χ2n) is 6.65. The van der Waals surface area contributed by atoms with Crippen LogP contribution in [0, 0.1) is 0 Å². The van der Waals surface area contributed by atoms with E-state index >= 15 is 0 Å². The molecule has 0 atom stereocenters. The zero-order chi connectivity index (χ0) is 19.3. The van der Waals surface area contributed by atoms with Gasteiger partial charge in [0, 0.05) is 23.5 Å². The van der Waals surface area contributed by atoms with Gasteiger partial charge >= 0.3 is 0 Å². The Hall–Kier alpha value is -1.57. The number of amides is 2. The topological polar surface area (TPSA) is 49.4 Å². The van der Waals surface area contributed by atoms with Gasteiger partial charge in [-0.2, -0.15) is 0 Å². The molecule has 0 spiro atoms. The van der Waals surface area contributed by atoms with Crippen molar-refractivity contribution in [3.63, 3.8) is 0 Å². The number of para-hydroxylation sites is 1. The van der Waals surface area contributed by atoms with Crippen LogP contribution in [0.4, 0.5) is 11.4 Å². The molecule has 0 unspecified atom stereocenters. The molecular weight excluding hydrogens is 408 g/mol. The lowest BCUT2D eigenvalue weighted by Gasteiger charge is -2.28. The van der Waals surface area contributed by atoms with Crippen LogP contribution in [0.25, 0.3) is 0 Å². The summed E-state index contributed by atoms with van der Waals surface area (Å²) in [6.45, 7) is 0.399. The number of hydrogen-bond donors (Lipinski definition) is 1. The number of carbonyl (C=O) groups is 2.